The minimum Gasteiger partial charge on any atom is -0.359 e. The molecule has 0 aromatic carbocycles. The van der Waals surface area contributed by atoms with Gasteiger partial charge in [-0.15, -0.1) is 11.3 Å². The molecule has 0 N–H and O–H groups in total. The molecule has 2 aromatic heterocycles. The summed E-state index contributed by atoms with van der Waals surface area (Å²) in [7, 11) is 2.06. The Balaban J connectivity index is 2.13. The van der Waals surface area contributed by atoms with Crippen molar-refractivity contribution >= 4 is 28.8 Å². The zero-order valence-electron chi connectivity index (χ0n) is 12.2. The molecule has 0 aliphatic carbocycles. The van der Waals surface area contributed by atoms with Crippen molar-refractivity contribution in [3.8, 4) is 0 Å². The summed E-state index contributed by atoms with van der Waals surface area (Å²) in [5, 5.41) is 2.68. The van der Waals surface area contributed by atoms with Crippen molar-refractivity contribution in [2.24, 2.45) is 0 Å². The number of hydrogen-bond acceptors (Lipinski definition) is 4. The van der Waals surface area contributed by atoms with Gasteiger partial charge in [0.25, 0.3) is 0 Å². The highest BCUT2D eigenvalue weighted by atomic mass is 35.5. The van der Waals surface area contributed by atoms with Crippen LogP contribution in [0.15, 0.2) is 17.5 Å². The minimum atomic E-state index is 0.571. The maximum absolute atomic E-state index is 6.22. The van der Waals surface area contributed by atoms with Crippen LogP contribution in [0.25, 0.3) is 0 Å². The largest absolute Gasteiger partial charge is 0.359 e. The fraction of sp³-hybridized carbons (Fsp3) is 0.467. The van der Waals surface area contributed by atoms with Gasteiger partial charge in [-0.3, -0.25) is 0 Å². The first-order chi connectivity index (χ1) is 9.61. The molecule has 2 heterocycles. The van der Waals surface area contributed by atoms with E-state index in [4.69, 9.17) is 11.6 Å². The SMILES string of the molecule is CCCc1nc(Cl)c(C)c(N(C)CCc2cccs2)n1. The Morgan fingerprint density at radius 2 is 2.10 bits per heavy atom. The summed E-state index contributed by atoms with van der Waals surface area (Å²) in [6, 6.07) is 4.26. The summed E-state index contributed by atoms with van der Waals surface area (Å²) in [6.07, 6.45) is 2.92. The second-order valence-electron chi connectivity index (χ2n) is 4.88. The number of nitrogens with zero attached hydrogens (tertiary/aromatic N) is 3. The average molecular weight is 310 g/mol. The molecule has 2 rings (SSSR count). The van der Waals surface area contributed by atoms with E-state index in [0.717, 1.165) is 43.0 Å². The van der Waals surface area contributed by atoms with Crippen molar-refractivity contribution in [2.75, 3.05) is 18.5 Å². The Morgan fingerprint density at radius 1 is 1.30 bits per heavy atom. The highest BCUT2D eigenvalue weighted by Crippen LogP contribution is 2.23. The predicted molar refractivity (Wildman–Crippen MR) is 87.1 cm³/mol. The lowest BCUT2D eigenvalue weighted by Crippen LogP contribution is -2.23. The molecule has 5 heteroatoms. The van der Waals surface area contributed by atoms with Crippen LogP contribution >= 0.6 is 22.9 Å². The van der Waals surface area contributed by atoms with E-state index in [1.54, 1.807) is 11.3 Å². The van der Waals surface area contributed by atoms with Crippen molar-refractivity contribution in [3.05, 3.63) is 38.9 Å². The van der Waals surface area contributed by atoms with Crippen LogP contribution in [0.3, 0.4) is 0 Å². The Bertz CT molecular complexity index is 554. The van der Waals surface area contributed by atoms with Crippen LogP contribution in [0, 0.1) is 6.92 Å². The molecule has 0 bridgehead atoms. The van der Waals surface area contributed by atoms with Gasteiger partial charge >= 0.3 is 0 Å². The van der Waals surface area contributed by atoms with Crippen LogP contribution in [-0.4, -0.2) is 23.6 Å². The summed E-state index contributed by atoms with van der Waals surface area (Å²) < 4.78 is 0. The van der Waals surface area contributed by atoms with Crippen molar-refractivity contribution in [1.82, 2.24) is 9.97 Å². The molecular formula is C15H20ClN3S. The molecule has 0 aliphatic heterocycles. The van der Waals surface area contributed by atoms with E-state index in [9.17, 15) is 0 Å². The second kappa shape index (κ2) is 7.04. The van der Waals surface area contributed by atoms with Crippen molar-refractivity contribution in [2.45, 2.75) is 33.1 Å². The Morgan fingerprint density at radius 3 is 2.75 bits per heavy atom. The van der Waals surface area contributed by atoms with Crippen LogP contribution in [0.4, 0.5) is 5.82 Å². The molecule has 2 aromatic rings. The van der Waals surface area contributed by atoms with Crippen LogP contribution < -0.4 is 4.90 Å². The van der Waals surface area contributed by atoms with E-state index in [-0.39, 0.29) is 0 Å². The topological polar surface area (TPSA) is 29.0 Å². The highest BCUT2D eigenvalue weighted by molar-refractivity contribution is 7.09. The zero-order valence-corrected chi connectivity index (χ0v) is 13.8. The number of aryl methyl sites for hydroxylation is 1. The lowest BCUT2D eigenvalue weighted by Gasteiger charge is -2.21. The molecule has 0 radical (unpaired) electrons. The van der Waals surface area contributed by atoms with Crippen molar-refractivity contribution < 1.29 is 0 Å². The predicted octanol–water partition coefficient (Wildman–Crippen LogP) is 4.13. The highest BCUT2D eigenvalue weighted by Gasteiger charge is 2.13. The van der Waals surface area contributed by atoms with Gasteiger partial charge in [-0.2, -0.15) is 0 Å². The molecule has 0 fully saturated rings. The number of rotatable bonds is 6. The van der Waals surface area contributed by atoms with Gasteiger partial charge in [-0.05, 0) is 31.2 Å². The molecule has 108 valence electrons. The Kier molecular flexibility index (Phi) is 5.38. The number of hydrogen-bond donors (Lipinski definition) is 0. The van der Waals surface area contributed by atoms with Gasteiger partial charge in [-0.25, -0.2) is 9.97 Å². The van der Waals surface area contributed by atoms with Crippen molar-refractivity contribution in [1.29, 1.82) is 0 Å². The number of likely N-dealkylation sites (N-methyl/N-ethyl adjacent to an activating group) is 1. The summed E-state index contributed by atoms with van der Waals surface area (Å²) in [4.78, 5) is 12.6. The zero-order chi connectivity index (χ0) is 14.5. The number of halogens is 1. The molecule has 0 atom stereocenters. The molecular weight excluding hydrogens is 290 g/mol. The Labute approximate surface area is 129 Å². The minimum absolute atomic E-state index is 0.571. The standard InChI is InChI=1S/C15H20ClN3S/c1-4-6-13-17-14(16)11(2)15(18-13)19(3)9-8-12-7-5-10-20-12/h5,7,10H,4,6,8-9H2,1-3H3. The first kappa shape index (κ1) is 15.3. The molecule has 0 amide bonds. The monoisotopic (exact) mass is 309 g/mol. The van der Waals surface area contributed by atoms with Gasteiger partial charge in [-0.1, -0.05) is 24.6 Å². The van der Waals surface area contributed by atoms with E-state index in [0.29, 0.717) is 5.15 Å². The van der Waals surface area contributed by atoms with Crippen LogP contribution in [-0.2, 0) is 12.8 Å². The van der Waals surface area contributed by atoms with Crippen LogP contribution in [0.2, 0.25) is 5.15 Å². The quantitative estimate of drug-likeness (QED) is 0.751. The van der Waals surface area contributed by atoms with E-state index in [1.807, 2.05) is 6.92 Å². The Hall–Kier alpha value is -1.13. The van der Waals surface area contributed by atoms with E-state index >= 15 is 0 Å². The summed E-state index contributed by atoms with van der Waals surface area (Å²) in [5.41, 5.74) is 0.959. The molecule has 3 nitrogen and oxygen atoms in total. The van der Waals surface area contributed by atoms with Gasteiger partial charge in [0, 0.05) is 30.5 Å². The first-order valence-corrected chi connectivity index (χ1v) is 8.14. The smallest absolute Gasteiger partial charge is 0.137 e. The molecule has 20 heavy (non-hydrogen) atoms. The van der Waals surface area contributed by atoms with Gasteiger partial charge in [0.15, 0.2) is 0 Å². The fourth-order valence-corrected chi connectivity index (χ4v) is 2.95. The fourth-order valence-electron chi connectivity index (χ4n) is 2.07. The maximum Gasteiger partial charge on any atom is 0.137 e. The molecule has 0 aliphatic rings. The van der Waals surface area contributed by atoms with E-state index in [2.05, 4.69) is 46.4 Å². The molecule has 0 saturated carbocycles. The number of anilines is 1. The van der Waals surface area contributed by atoms with E-state index in [1.165, 1.54) is 4.88 Å². The first-order valence-electron chi connectivity index (χ1n) is 6.88. The normalized spacial score (nSPS) is 10.8. The molecule has 0 spiro atoms. The average Bonchev–Trinajstić information content (AvgIpc) is 2.93. The third-order valence-corrected chi connectivity index (χ3v) is 4.52. The summed E-state index contributed by atoms with van der Waals surface area (Å²) in [6.45, 7) is 5.03. The van der Waals surface area contributed by atoms with Gasteiger partial charge in [0.1, 0.15) is 16.8 Å². The second-order valence-corrected chi connectivity index (χ2v) is 6.27. The summed E-state index contributed by atoms with van der Waals surface area (Å²) >= 11 is 8.02. The third kappa shape index (κ3) is 3.70. The number of aromatic nitrogens is 2. The summed E-state index contributed by atoms with van der Waals surface area (Å²) in [5.74, 6) is 1.78. The van der Waals surface area contributed by atoms with E-state index < -0.39 is 0 Å². The number of thiophene rings is 1. The molecule has 0 saturated heterocycles. The lowest BCUT2D eigenvalue weighted by atomic mass is 10.2. The lowest BCUT2D eigenvalue weighted by molar-refractivity contribution is 0.801. The van der Waals surface area contributed by atoms with Gasteiger partial charge < -0.3 is 4.90 Å². The van der Waals surface area contributed by atoms with Gasteiger partial charge in [0.2, 0.25) is 0 Å². The van der Waals surface area contributed by atoms with Crippen LogP contribution in [0.1, 0.15) is 29.6 Å². The van der Waals surface area contributed by atoms with Gasteiger partial charge in [0.05, 0.1) is 0 Å². The maximum atomic E-state index is 6.22. The van der Waals surface area contributed by atoms with Crippen molar-refractivity contribution in [3.63, 3.8) is 0 Å². The third-order valence-electron chi connectivity index (χ3n) is 3.22. The molecule has 0 unspecified atom stereocenters. The van der Waals surface area contributed by atoms with Crippen LogP contribution in [0.5, 0.6) is 0 Å².